The fraction of sp³-hybridized carbons (Fsp3) is 0.111. The molecular weight excluding hydrogens is 354 g/mol. The Kier molecular flexibility index (Phi) is 5.28. The molecule has 0 unspecified atom stereocenters. The molecule has 2 aromatic carbocycles. The van der Waals surface area contributed by atoms with Crippen molar-refractivity contribution in [3.8, 4) is 0 Å². The number of anilines is 4. The van der Waals surface area contributed by atoms with Gasteiger partial charge in [0, 0.05) is 10.7 Å². The predicted octanol–water partition coefficient (Wildman–Crippen LogP) is 4.11. The van der Waals surface area contributed by atoms with E-state index >= 15 is 0 Å². The zero-order chi connectivity index (χ0) is 18.5. The van der Waals surface area contributed by atoms with E-state index in [1.165, 1.54) is 13.3 Å². The van der Waals surface area contributed by atoms with Crippen molar-refractivity contribution >= 4 is 40.7 Å². The number of para-hydroxylation sites is 1. The summed E-state index contributed by atoms with van der Waals surface area (Å²) in [5.41, 5.74) is 2.74. The molecule has 7 nitrogen and oxygen atoms in total. The Morgan fingerprint density at radius 3 is 2.69 bits per heavy atom. The Balaban J connectivity index is 1.83. The third-order valence-electron chi connectivity index (χ3n) is 3.59. The Hall–Kier alpha value is -3.19. The molecule has 0 saturated heterocycles. The molecule has 0 saturated carbocycles. The standard InChI is InChI=1S/C18H16ClN5O2/c1-11-9-12(19)7-8-14(11)22-18-23-16(10-20-24-18)21-15-6-4-3-5-13(15)17(25)26-2/h3-10H,1-2H3,(H2,21,22,23,24). The number of hydrogen-bond acceptors (Lipinski definition) is 7. The van der Waals surface area contributed by atoms with Gasteiger partial charge in [-0.2, -0.15) is 10.1 Å². The van der Waals surface area contributed by atoms with Crippen LogP contribution in [0.15, 0.2) is 48.7 Å². The summed E-state index contributed by atoms with van der Waals surface area (Å²) in [4.78, 5) is 16.2. The molecule has 0 spiro atoms. The van der Waals surface area contributed by atoms with Gasteiger partial charge in [0.05, 0.1) is 24.6 Å². The number of nitrogens with one attached hydrogen (secondary N) is 2. The lowest BCUT2D eigenvalue weighted by molar-refractivity contribution is 0.0602. The van der Waals surface area contributed by atoms with Crippen LogP contribution in [0.2, 0.25) is 5.02 Å². The van der Waals surface area contributed by atoms with E-state index in [0.29, 0.717) is 28.0 Å². The Bertz CT molecular complexity index is 948. The lowest BCUT2D eigenvalue weighted by atomic mass is 10.2. The highest BCUT2D eigenvalue weighted by atomic mass is 35.5. The van der Waals surface area contributed by atoms with Crippen molar-refractivity contribution in [2.75, 3.05) is 17.7 Å². The molecule has 2 N–H and O–H groups in total. The third kappa shape index (κ3) is 4.07. The first-order chi connectivity index (χ1) is 12.6. The van der Waals surface area contributed by atoms with Gasteiger partial charge in [0.2, 0.25) is 5.95 Å². The van der Waals surface area contributed by atoms with E-state index in [-0.39, 0.29) is 0 Å². The first kappa shape index (κ1) is 17.6. The highest BCUT2D eigenvalue weighted by molar-refractivity contribution is 6.30. The molecule has 0 aliphatic heterocycles. The van der Waals surface area contributed by atoms with Gasteiger partial charge < -0.3 is 15.4 Å². The first-order valence-electron chi connectivity index (χ1n) is 7.74. The van der Waals surface area contributed by atoms with Crippen LogP contribution in [0.5, 0.6) is 0 Å². The maximum atomic E-state index is 11.9. The van der Waals surface area contributed by atoms with Crippen LogP contribution < -0.4 is 10.6 Å². The van der Waals surface area contributed by atoms with E-state index < -0.39 is 5.97 Å². The SMILES string of the molecule is COC(=O)c1ccccc1Nc1cnnc(Nc2ccc(Cl)cc2C)n1. The van der Waals surface area contributed by atoms with Crippen LogP contribution in [0.4, 0.5) is 23.1 Å². The summed E-state index contributed by atoms with van der Waals surface area (Å²) in [7, 11) is 1.34. The Morgan fingerprint density at radius 1 is 1.12 bits per heavy atom. The fourth-order valence-electron chi connectivity index (χ4n) is 2.32. The minimum absolute atomic E-state index is 0.316. The van der Waals surface area contributed by atoms with Crippen LogP contribution >= 0.6 is 11.6 Å². The molecule has 1 heterocycles. The van der Waals surface area contributed by atoms with Crippen molar-refractivity contribution in [3.05, 3.63) is 64.8 Å². The molecule has 0 bridgehead atoms. The second-order valence-electron chi connectivity index (χ2n) is 5.41. The van der Waals surface area contributed by atoms with Crippen LogP contribution in [0.3, 0.4) is 0 Å². The Labute approximate surface area is 155 Å². The number of rotatable bonds is 5. The molecule has 1 aromatic heterocycles. The summed E-state index contributed by atoms with van der Waals surface area (Å²) >= 11 is 5.97. The molecule has 3 rings (SSSR count). The summed E-state index contributed by atoms with van der Waals surface area (Å²) in [6.07, 6.45) is 1.47. The number of nitrogens with zero attached hydrogens (tertiary/aromatic N) is 3. The van der Waals surface area contributed by atoms with E-state index in [9.17, 15) is 4.79 Å². The maximum absolute atomic E-state index is 11.9. The highest BCUT2D eigenvalue weighted by Crippen LogP contribution is 2.23. The number of carbonyl (C=O) groups is 1. The zero-order valence-corrected chi connectivity index (χ0v) is 14.9. The van der Waals surface area contributed by atoms with Gasteiger partial charge in [-0.25, -0.2) is 4.79 Å². The second-order valence-corrected chi connectivity index (χ2v) is 5.85. The lowest BCUT2D eigenvalue weighted by Gasteiger charge is -2.11. The number of ether oxygens (including phenoxy) is 1. The van der Waals surface area contributed by atoms with Crippen LogP contribution in [-0.2, 0) is 4.74 Å². The van der Waals surface area contributed by atoms with Gasteiger partial charge in [0.25, 0.3) is 0 Å². The lowest BCUT2D eigenvalue weighted by Crippen LogP contribution is -2.07. The van der Waals surface area contributed by atoms with E-state index in [4.69, 9.17) is 16.3 Å². The number of halogens is 1. The van der Waals surface area contributed by atoms with Crippen molar-refractivity contribution < 1.29 is 9.53 Å². The number of carbonyl (C=O) groups excluding carboxylic acids is 1. The van der Waals surface area contributed by atoms with Crippen molar-refractivity contribution in [1.29, 1.82) is 0 Å². The maximum Gasteiger partial charge on any atom is 0.339 e. The van der Waals surface area contributed by atoms with Gasteiger partial charge in [0.1, 0.15) is 0 Å². The van der Waals surface area contributed by atoms with E-state index in [0.717, 1.165) is 11.3 Å². The molecule has 0 radical (unpaired) electrons. The van der Waals surface area contributed by atoms with Crippen LogP contribution in [0.1, 0.15) is 15.9 Å². The fourth-order valence-corrected chi connectivity index (χ4v) is 2.55. The van der Waals surface area contributed by atoms with Gasteiger partial charge in [-0.15, -0.1) is 5.10 Å². The van der Waals surface area contributed by atoms with Gasteiger partial charge in [0.15, 0.2) is 5.82 Å². The molecule has 26 heavy (non-hydrogen) atoms. The topological polar surface area (TPSA) is 89.0 Å². The molecule has 0 aliphatic rings. The van der Waals surface area contributed by atoms with Crippen LogP contribution in [-0.4, -0.2) is 28.3 Å². The van der Waals surface area contributed by atoms with Crippen molar-refractivity contribution in [1.82, 2.24) is 15.2 Å². The second kappa shape index (κ2) is 7.79. The number of methoxy groups -OCH3 is 1. The van der Waals surface area contributed by atoms with Crippen molar-refractivity contribution in [2.24, 2.45) is 0 Å². The number of aryl methyl sites for hydroxylation is 1. The molecule has 0 amide bonds. The summed E-state index contributed by atoms with van der Waals surface area (Å²) in [5.74, 6) is 0.312. The number of benzene rings is 2. The van der Waals surface area contributed by atoms with Gasteiger partial charge in [-0.1, -0.05) is 23.7 Å². The molecule has 0 atom stereocenters. The quantitative estimate of drug-likeness (QED) is 0.654. The zero-order valence-electron chi connectivity index (χ0n) is 14.2. The minimum Gasteiger partial charge on any atom is -0.465 e. The summed E-state index contributed by atoms with van der Waals surface area (Å²) < 4.78 is 4.79. The van der Waals surface area contributed by atoms with Crippen LogP contribution in [0.25, 0.3) is 0 Å². The normalized spacial score (nSPS) is 10.3. The predicted molar refractivity (Wildman–Crippen MR) is 100 cm³/mol. The highest BCUT2D eigenvalue weighted by Gasteiger charge is 2.12. The first-order valence-corrected chi connectivity index (χ1v) is 8.12. The third-order valence-corrected chi connectivity index (χ3v) is 3.82. The monoisotopic (exact) mass is 369 g/mol. The van der Waals surface area contributed by atoms with Crippen LogP contribution in [0, 0.1) is 6.92 Å². The van der Waals surface area contributed by atoms with Gasteiger partial charge >= 0.3 is 5.97 Å². The van der Waals surface area contributed by atoms with Gasteiger partial charge in [-0.05, 0) is 42.8 Å². The van der Waals surface area contributed by atoms with E-state index in [2.05, 4.69) is 25.8 Å². The molecular formula is C18H16ClN5O2. The average Bonchev–Trinajstić information content (AvgIpc) is 2.64. The number of hydrogen-bond donors (Lipinski definition) is 2. The molecule has 0 fully saturated rings. The summed E-state index contributed by atoms with van der Waals surface area (Å²) in [6, 6.07) is 12.4. The van der Waals surface area contributed by atoms with Crippen molar-refractivity contribution in [3.63, 3.8) is 0 Å². The summed E-state index contributed by atoms with van der Waals surface area (Å²) in [5, 5.41) is 14.7. The number of esters is 1. The van der Waals surface area contributed by atoms with Crippen molar-refractivity contribution in [2.45, 2.75) is 6.92 Å². The molecule has 132 valence electrons. The smallest absolute Gasteiger partial charge is 0.339 e. The minimum atomic E-state index is -0.440. The largest absolute Gasteiger partial charge is 0.465 e. The van der Waals surface area contributed by atoms with E-state index in [1.54, 1.807) is 30.3 Å². The average molecular weight is 370 g/mol. The Morgan fingerprint density at radius 2 is 1.92 bits per heavy atom. The molecule has 3 aromatic rings. The van der Waals surface area contributed by atoms with Gasteiger partial charge in [-0.3, -0.25) is 0 Å². The summed E-state index contributed by atoms with van der Waals surface area (Å²) in [6.45, 7) is 1.93. The molecule has 0 aliphatic carbocycles. The number of aromatic nitrogens is 3. The molecule has 8 heteroatoms. The van der Waals surface area contributed by atoms with E-state index in [1.807, 2.05) is 19.1 Å².